The summed E-state index contributed by atoms with van der Waals surface area (Å²) in [6, 6.07) is 18.1. The smallest absolute Gasteiger partial charge is 0.225 e. The number of anilines is 1. The molecule has 1 saturated heterocycles. The van der Waals surface area contributed by atoms with Crippen molar-refractivity contribution in [1.82, 2.24) is 15.3 Å². The molecule has 3 aromatic rings. The van der Waals surface area contributed by atoms with Crippen molar-refractivity contribution >= 4 is 11.7 Å². The molecule has 0 bridgehead atoms. The quantitative estimate of drug-likeness (QED) is 0.658. The lowest BCUT2D eigenvalue weighted by Gasteiger charge is -2.33. The van der Waals surface area contributed by atoms with E-state index in [4.69, 9.17) is 4.74 Å². The van der Waals surface area contributed by atoms with E-state index < -0.39 is 0 Å². The maximum Gasteiger partial charge on any atom is 0.225 e. The van der Waals surface area contributed by atoms with Crippen LogP contribution in [-0.2, 0) is 11.3 Å². The molecule has 1 amide bonds. The minimum Gasteiger partial charge on any atom is -0.497 e. The van der Waals surface area contributed by atoms with Gasteiger partial charge in [0, 0.05) is 31.3 Å². The fourth-order valence-electron chi connectivity index (χ4n) is 3.88. The van der Waals surface area contributed by atoms with E-state index in [1.807, 2.05) is 30.3 Å². The fourth-order valence-corrected chi connectivity index (χ4v) is 3.88. The average molecular weight is 417 g/mol. The average Bonchev–Trinajstić information content (AvgIpc) is 2.84. The SMILES string of the molecule is COc1ccc(-c2cc(N3CCCC(C(=O)NCc4ccc(C)cc4)C3)ncn2)cc1. The highest BCUT2D eigenvalue weighted by Crippen LogP contribution is 2.26. The van der Waals surface area contributed by atoms with Gasteiger partial charge in [0.2, 0.25) is 5.91 Å². The number of hydrogen-bond donors (Lipinski definition) is 1. The summed E-state index contributed by atoms with van der Waals surface area (Å²) in [7, 11) is 1.65. The van der Waals surface area contributed by atoms with Crippen LogP contribution in [0.25, 0.3) is 11.3 Å². The topological polar surface area (TPSA) is 67.3 Å². The highest BCUT2D eigenvalue weighted by molar-refractivity contribution is 5.79. The third kappa shape index (κ3) is 5.20. The standard InChI is InChI=1S/C25H28N4O2/c1-18-5-7-19(8-6-18)15-26-25(30)21-4-3-13-29(16-21)24-14-23(27-17-28-24)20-9-11-22(31-2)12-10-20/h5-12,14,17,21H,3-4,13,15-16H2,1-2H3,(H,26,30). The van der Waals surface area contributed by atoms with Crippen molar-refractivity contribution in [3.63, 3.8) is 0 Å². The van der Waals surface area contributed by atoms with Gasteiger partial charge in [0.15, 0.2) is 0 Å². The molecule has 1 atom stereocenters. The molecule has 1 aromatic heterocycles. The number of nitrogens with zero attached hydrogens (tertiary/aromatic N) is 3. The number of ether oxygens (including phenoxy) is 1. The second-order valence-electron chi connectivity index (χ2n) is 7.98. The number of benzene rings is 2. The molecule has 1 N–H and O–H groups in total. The van der Waals surface area contributed by atoms with Crippen LogP contribution in [0.5, 0.6) is 5.75 Å². The van der Waals surface area contributed by atoms with Gasteiger partial charge in [-0.3, -0.25) is 4.79 Å². The van der Waals surface area contributed by atoms with E-state index in [0.717, 1.165) is 47.8 Å². The van der Waals surface area contributed by atoms with E-state index in [9.17, 15) is 4.79 Å². The first-order chi connectivity index (χ1) is 15.1. The molecule has 0 radical (unpaired) electrons. The number of aryl methyl sites for hydroxylation is 1. The number of amides is 1. The second-order valence-corrected chi connectivity index (χ2v) is 7.98. The Morgan fingerprint density at radius 1 is 1.13 bits per heavy atom. The molecule has 6 nitrogen and oxygen atoms in total. The summed E-state index contributed by atoms with van der Waals surface area (Å²) < 4.78 is 5.23. The number of hydrogen-bond acceptors (Lipinski definition) is 5. The molecule has 0 saturated carbocycles. The van der Waals surface area contributed by atoms with Gasteiger partial charge in [-0.2, -0.15) is 0 Å². The minimum atomic E-state index is -0.0430. The van der Waals surface area contributed by atoms with E-state index in [0.29, 0.717) is 13.1 Å². The first-order valence-electron chi connectivity index (χ1n) is 10.7. The molecule has 4 rings (SSSR count). The summed E-state index contributed by atoms with van der Waals surface area (Å²) in [6.07, 6.45) is 3.45. The van der Waals surface area contributed by atoms with E-state index >= 15 is 0 Å². The molecule has 0 aliphatic carbocycles. The fraction of sp³-hybridized carbons (Fsp3) is 0.320. The Bertz CT molecular complexity index is 1020. The van der Waals surface area contributed by atoms with Crippen LogP contribution in [0.15, 0.2) is 60.9 Å². The van der Waals surface area contributed by atoms with Gasteiger partial charge in [-0.1, -0.05) is 29.8 Å². The van der Waals surface area contributed by atoms with Crippen molar-refractivity contribution in [1.29, 1.82) is 0 Å². The van der Waals surface area contributed by atoms with Gasteiger partial charge < -0.3 is 15.0 Å². The monoisotopic (exact) mass is 416 g/mol. The number of nitrogens with one attached hydrogen (secondary N) is 1. The first-order valence-corrected chi connectivity index (χ1v) is 10.7. The lowest BCUT2D eigenvalue weighted by Crippen LogP contribution is -2.43. The van der Waals surface area contributed by atoms with E-state index in [-0.39, 0.29) is 11.8 Å². The molecule has 2 aromatic carbocycles. The van der Waals surface area contributed by atoms with Gasteiger partial charge in [-0.25, -0.2) is 9.97 Å². The Morgan fingerprint density at radius 3 is 2.65 bits per heavy atom. The molecule has 1 fully saturated rings. The summed E-state index contributed by atoms with van der Waals surface area (Å²) in [6.45, 7) is 4.18. The second kappa shape index (κ2) is 9.60. The van der Waals surface area contributed by atoms with Crippen LogP contribution in [0.4, 0.5) is 5.82 Å². The van der Waals surface area contributed by atoms with Crippen LogP contribution in [0, 0.1) is 12.8 Å². The summed E-state index contributed by atoms with van der Waals surface area (Å²) in [4.78, 5) is 23.9. The van der Waals surface area contributed by atoms with Gasteiger partial charge in [0.25, 0.3) is 0 Å². The van der Waals surface area contributed by atoms with E-state index in [2.05, 4.69) is 51.4 Å². The Morgan fingerprint density at radius 2 is 1.90 bits per heavy atom. The first kappa shape index (κ1) is 20.8. The van der Waals surface area contributed by atoms with Crippen LogP contribution in [0.3, 0.4) is 0 Å². The number of carbonyl (C=O) groups excluding carboxylic acids is 1. The maximum atomic E-state index is 12.8. The van der Waals surface area contributed by atoms with E-state index in [1.165, 1.54) is 5.56 Å². The lowest BCUT2D eigenvalue weighted by molar-refractivity contribution is -0.125. The zero-order valence-electron chi connectivity index (χ0n) is 18.0. The molecule has 1 unspecified atom stereocenters. The van der Waals surface area contributed by atoms with Crippen molar-refractivity contribution in [3.8, 4) is 17.0 Å². The maximum absolute atomic E-state index is 12.8. The molecule has 31 heavy (non-hydrogen) atoms. The van der Waals surface area contributed by atoms with Crippen molar-refractivity contribution in [2.24, 2.45) is 5.92 Å². The zero-order valence-corrected chi connectivity index (χ0v) is 18.0. The highest BCUT2D eigenvalue weighted by atomic mass is 16.5. The van der Waals surface area contributed by atoms with Crippen LogP contribution in [0.1, 0.15) is 24.0 Å². The van der Waals surface area contributed by atoms with Crippen molar-refractivity contribution < 1.29 is 9.53 Å². The van der Waals surface area contributed by atoms with Crippen LogP contribution in [0.2, 0.25) is 0 Å². The molecule has 160 valence electrons. The Hall–Kier alpha value is -3.41. The largest absolute Gasteiger partial charge is 0.497 e. The van der Waals surface area contributed by atoms with Gasteiger partial charge in [-0.05, 0) is 49.6 Å². The number of rotatable bonds is 6. The number of aromatic nitrogens is 2. The molecule has 0 spiro atoms. The van der Waals surface area contributed by atoms with Gasteiger partial charge >= 0.3 is 0 Å². The van der Waals surface area contributed by atoms with Crippen molar-refractivity contribution in [2.45, 2.75) is 26.3 Å². The molecular weight excluding hydrogens is 388 g/mol. The number of piperidine rings is 1. The Balaban J connectivity index is 1.40. The van der Waals surface area contributed by atoms with Crippen LogP contribution >= 0.6 is 0 Å². The summed E-state index contributed by atoms with van der Waals surface area (Å²) in [5.74, 6) is 1.73. The molecule has 1 aliphatic rings. The Labute approximate surface area is 183 Å². The summed E-state index contributed by atoms with van der Waals surface area (Å²) in [5.41, 5.74) is 4.20. The minimum absolute atomic E-state index is 0.0430. The lowest BCUT2D eigenvalue weighted by atomic mass is 9.97. The predicted molar refractivity (Wildman–Crippen MR) is 122 cm³/mol. The predicted octanol–water partition coefficient (Wildman–Crippen LogP) is 3.99. The van der Waals surface area contributed by atoms with Crippen LogP contribution in [-0.4, -0.2) is 36.1 Å². The third-order valence-electron chi connectivity index (χ3n) is 5.74. The van der Waals surface area contributed by atoms with Crippen molar-refractivity contribution in [2.75, 3.05) is 25.1 Å². The molecule has 2 heterocycles. The summed E-state index contributed by atoms with van der Waals surface area (Å²) in [5, 5.41) is 3.10. The molecule has 6 heteroatoms. The Kier molecular flexibility index (Phi) is 6.46. The van der Waals surface area contributed by atoms with E-state index in [1.54, 1.807) is 13.4 Å². The number of carbonyl (C=O) groups is 1. The normalized spacial score (nSPS) is 16.1. The molecule has 1 aliphatic heterocycles. The highest BCUT2D eigenvalue weighted by Gasteiger charge is 2.26. The summed E-state index contributed by atoms with van der Waals surface area (Å²) >= 11 is 0. The van der Waals surface area contributed by atoms with Crippen LogP contribution < -0.4 is 15.0 Å². The molecular formula is C25H28N4O2. The van der Waals surface area contributed by atoms with Gasteiger partial charge in [-0.15, -0.1) is 0 Å². The van der Waals surface area contributed by atoms with Gasteiger partial charge in [0.05, 0.1) is 18.7 Å². The van der Waals surface area contributed by atoms with Crippen molar-refractivity contribution in [3.05, 3.63) is 72.1 Å². The zero-order chi connectivity index (χ0) is 21.6. The number of methoxy groups -OCH3 is 1. The van der Waals surface area contributed by atoms with Gasteiger partial charge in [0.1, 0.15) is 17.9 Å². The third-order valence-corrected chi connectivity index (χ3v) is 5.74.